The van der Waals surface area contributed by atoms with Crippen molar-refractivity contribution in [2.24, 2.45) is 0 Å². The molecule has 0 bridgehead atoms. The second-order valence-corrected chi connectivity index (χ2v) is 9.14. The molecule has 11 nitrogen and oxygen atoms in total. The molecule has 1 fully saturated rings. The number of H-pyrrole nitrogens is 1. The van der Waals surface area contributed by atoms with Gasteiger partial charge in [-0.15, -0.1) is 10.2 Å². The number of hydrogen-bond donors (Lipinski definition) is 1. The van der Waals surface area contributed by atoms with Gasteiger partial charge in [0, 0.05) is 26.2 Å². The van der Waals surface area contributed by atoms with Crippen LogP contribution in [0.25, 0.3) is 10.9 Å². The Morgan fingerprint density at radius 1 is 1.14 bits per heavy atom. The fraction of sp³-hybridized carbons (Fsp3) is 0.579. The first-order valence-electron chi connectivity index (χ1n) is 10.9. The molecule has 3 aromatic heterocycles. The predicted molar refractivity (Wildman–Crippen MR) is 117 cm³/mol. The van der Waals surface area contributed by atoms with E-state index >= 15 is 0 Å². The van der Waals surface area contributed by atoms with E-state index < -0.39 is 40.0 Å². The van der Waals surface area contributed by atoms with E-state index in [1.165, 1.54) is 0 Å². The van der Waals surface area contributed by atoms with Crippen LogP contribution in [0.5, 0.6) is 0 Å². The number of anilines is 1. The van der Waals surface area contributed by atoms with E-state index in [4.69, 9.17) is 4.74 Å². The maximum atomic E-state index is 13.3. The quantitative estimate of drug-likeness (QED) is 0.349. The van der Waals surface area contributed by atoms with Crippen molar-refractivity contribution in [3.8, 4) is 0 Å². The molecule has 1 saturated heterocycles. The van der Waals surface area contributed by atoms with Crippen LogP contribution in [0.15, 0.2) is 11.0 Å². The van der Waals surface area contributed by atoms with Crippen molar-refractivity contribution in [2.45, 2.75) is 31.7 Å². The summed E-state index contributed by atoms with van der Waals surface area (Å²) in [4.78, 5) is 27.6. The average Bonchev–Trinajstić information content (AvgIpc) is 3.48. The molecule has 1 N–H and O–H groups in total. The zero-order chi connectivity index (χ0) is 27.0. The maximum absolute atomic E-state index is 13.3. The average molecular weight is 554 g/mol. The minimum Gasteiger partial charge on any atom is -0.379 e. The molecule has 0 radical (unpaired) electrons. The fourth-order valence-corrected chi connectivity index (χ4v) is 4.55. The maximum Gasteiger partial charge on any atom is 0.445 e. The number of halogens is 6. The summed E-state index contributed by atoms with van der Waals surface area (Å²) in [5, 5.41) is 14.3. The highest BCUT2D eigenvalue weighted by atomic mass is 32.1. The first kappa shape index (κ1) is 26.8. The third-order valence-corrected chi connectivity index (χ3v) is 6.62. The summed E-state index contributed by atoms with van der Waals surface area (Å²) in [7, 11) is 0. The summed E-state index contributed by atoms with van der Waals surface area (Å²) in [6.45, 7) is 2.58. The second-order valence-electron chi connectivity index (χ2n) is 8.18. The Morgan fingerprint density at radius 3 is 2.46 bits per heavy atom. The third-order valence-electron chi connectivity index (χ3n) is 5.59. The summed E-state index contributed by atoms with van der Waals surface area (Å²) in [5.74, 6) is -0.236. The van der Waals surface area contributed by atoms with E-state index in [-0.39, 0.29) is 62.4 Å². The number of rotatable bonds is 7. The normalized spacial score (nSPS) is 16.0. The topological polar surface area (TPSA) is 122 Å². The molecule has 0 spiro atoms. The van der Waals surface area contributed by atoms with Crippen LogP contribution in [0, 0.1) is 0 Å². The smallest absolute Gasteiger partial charge is 0.379 e. The molecule has 0 saturated carbocycles. The first-order chi connectivity index (χ1) is 17.4. The summed E-state index contributed by atoms with van der Waals surface area (Å²) in [6, 6.07) is -0.700. The molecule has 18 heteroatoms. The molecule has 37 heavy (non-hydrogen) atoms. The molecule has 4 rings (SSSR count). The number of piperazine rings is 1. The predicted octanol–water partition coefficient (Wildman–Crippen LogP) is 2.33. The van der Waals surface area contributed by atoms with Gasteiger partial charge in [0.05, 0.1) is 37.4 Å². The number of carbonyl (C=O) groups is 1. The Morgan fingerprint density at radius 2 is 1.84 bits per heavy atom. The lowest BCUT2D eigenvalue weighted by atomic mass is 10.2. The molecular formula is C19H20F6N8O3S. The highest BCUT2D eigenvalue weighted by molar-refractivity contribution is 7.15. The Labute approximate surface area is 208 Å². The summed E-state index contributed by atoms with van der Waals surface area (Å²) >= 11 is 0.441. The molecule has 4 heterocycles. The van der Waals surface area contributed by atoms with Gasteiger partial charge in [0.15, 0.2) is 5.69 Å². The Bertz CT molecular complexity index is 1310. The van der Waals surface area contributed by atoms with Gasteiger partial charge in [0.1, 0.15) is 5.39 Å². The van der Waals surface area contributed by atoms with Crippen LogP contribution in [-0.2, 0) is 21.9 Å². The molecule has 1 aliphatic heterocycles. The number of alkyl halides is 6. The molecule has 1 unspecified atom stereocenters. The van der Waals surface area contributed by atoms with Crippen LogP contribution in [0.4, 0.5) is 31.5 Å². The molecule has 0 aromatic carbocycles. The van der Waals surface area contributed by atoms with E-state index in [0.29, 0.717) is 11.3 Å². The summed E-state index contributed by atoms with van der Waals surface area (Å²) < 4.78 is 84.7. The lowest BCUT2D eigenvalue weighted by molar-refractivity contribution is -0.140. The number of ether oxygens (including phenoxy) is 1. The molecule has 202 valence electrons. The second kappa shape index (κ2) is 10.2. The number of amides is 1. The molecular weight excluding hydrogens is 534 g/mol. The van der Waals surface area contributed by atoms with E-state index in [0.717, 1.165) is 10.9 Å². The van der Waals surface area contributed by atoms with Gasteiger partial charge >= 0.3 is 12.4 Å². The van der Waals surface area contributed by atoms with Crippen molar-refractivity contribution in [2.75, 3.05) is 44.3 Å². The highest BCUT2D eigenvalue weighted by Crippen LogP contribution is 2.35. The van der Waals surface area contributed by atoms with Gasteiger partial charge in [-0.25, -0.2) is 5.10 Å². The monoisotopic (exact) mass is 554 g/mol. The number of fused-ring (bicyclic) bond motifs is 1. The van der Waals surface area contributed by atoms with Gasteiger partial charge in [-0.05, 0) is 6.92 Å². The molecule has 1 amide bonds. The van der Waals surface area contributed by atoms with Gasteiger partial charge in [-0.2, -0.15) is 36.5 Å². The number of nitrogens with zero attached hydrogens (tertiary/aromatic N) is 7. The number of aromatic amines is 1. The molecule has 1 aliphatic rings. The van der Waals surface area contributed by atoms with Crippen molar-refractivity contribution < 1.29 is 35.9 Å². The number of nitrogens with one attached hydrogen (secondary N) is 1. The van der Waals surface area contributed by atoms with E-state index in [1.54, 1.807) is 16.7 Å². The Hall–Kier alpha value is -3.28. The van der Waals surface area contributed by atoms with Gasteiger partial charge in [-0.1, -0.05) is 11.3 Å². The lowest BCUT2D eigenvalue weighted by Crippen LogP contribution is -2.49. The van der Waals surface area contributed by atoms with E-state index in [9.17, 15) is 35.9 Å². The van der Waals surface area contributed by atoms with Gasteiger partial charge < -0.3 is 14.5 Å². The van der Waals surface area contributed by atoms with Crippen molar-refractivity contribution in [1.29, 1.82) is 0 Å². The Kier molecular flexibility index (Phi) is 7.40. The third kappa shape index (κ3) is 5.84. The Balaban J connectivity index is 1.27. The zero-order valence-corrected chi connectivity index (χ0v) is 20.0. The number of carbonyl (C=O) groups excluding carboxylic acids is 1. The molecule has 3 aromatic rings. The summed E-state index contributed by atoms with van der Waals surface area (Å²) in [5.41, 5.74) is -2.43. The van der Waals surface area contributed by atoms with Gasteiger partial charge in [0.25, 0.3) is 5.56 Å². The standard InChI is InChI=1S/C19H20F6N8O3S/c1-10(33-11-8-26-27-15(35)13(11)14(30-33)18(20,21)22)9-36-7-2-12(34)31-3-5-32(6-4-31)17-29-28-16(37-17)19(23,24)25/h8,10H,2-7,9H2,1H3,(H,27,35). The van der Waals surface area contributed by atoms with Gasteiger partial charge in [0.2, 0.25) is 16.0 Å². The van der Waals surface area contributed by atoms with Crippen LogP contribution >= 0.6 is 11.3 Å². The summed E-state index contributed by atoms with van der Waals surface area (Å²) in [6.07, 6.45) is -8.33. The molecule has 0 aliphatic carbocycles. The van der Waals surface area contributed by atoms with Crippen LogP contribution < -0.4 is 10.5 Å². The van der Waals surface area contributed by atoms with Crippen molar-refractivity contribution in [1.82, 2.24) is 35.1 Å². The van der Waals surface area contributed by atoms with Crippen LogP contribution in [0.2, 0.25) is 0 Å². The van der Waals surface area contributed by atoms with Crippen molar-refractivity contribution >= 4 is 33.3 Å². The van der Waals surface area contributed by atoms with E-state index in [1.807, 2.05) is 5.10 Å². The number of hydrogen-bond acceptors (Lipinski definition) is 9. The van der Waals surface area contributed by atoms with Gasteiger partial charge in [-0.3, -0.25) is 14.3 Å². The highest BCUT2D eigenvalue weighted by Gasteiger charge is 2.39. The fourth-order valence-electron chi connectivity index (χ4n) is 3.78. The van der Waals surface area contributed by atoms with Crippen LogP contribution in [0.3, 0.4) is 0 Å². The number of aromatic nitrogens is 6. The van der Waals surface area contributed by atoms with Crippen molar-refractivity contribution in [3.05, 3.63) is 27.3 Å². The largest absolute Gasteiger partial charge is 0.445 e. The minimum absolute atomic E-state index is 0.00136. The molecule has 1 atom stereocenters. The van der Waals surface area contributed by atoms with Crippen LogP contribution in [-0.4, -0.2) is 80.4 Å². The lowest BCUT2D eigenvalue weighted by Gasteiger charge is -2.34. The zero-order valence-electron chi connectivity index (χ0n) is 19.1. The van der Waals surface area contributed by atoms with Crippen LogP contribution in [0.1, 0.15) is 30.1 Å². The van der Waals surface area contributed by atoms with E-state index in [2.05, 4.69) is 20.4 Å². The first-order valence-corrected chi connectivity index (χ1v) is 11.7. The SMILES string of the molecule is CC(COCCC(=O)N1CCN(c2nnc(C(F)(F)F)s2)CC1)n1nc(C(F)(F)F)c2c(=O)[nH]ncc21. The van der Waals surface area contributed by atoms with Crippen molar-refractivity contribution in [3.63, 3.8) is 0 Å². The minimum atomic E-state index is -4.84.